The summed E-state index contributed by atoms with van der Waals surface area (Å²) in [4.78, 5) is 17.6. The number of hydrogen-bond acceptors (Lipinski definition) is 5. The summed E-state index contributed by atoms with van der Waals surface area (Å²) >= 11 is 0. The van der Waals surface area contributed by atoms with Crippen molar-refractivity contribution in [1.29, 1.82) is 0 Å². The Hall–Kier alpha value is -2.83. The Balaban J connectivity index is 1.62. The standard InChI is InChI=1S/C23H31N5O2/c1-4-28-22-19(14-26-28)21(27-16(3)17-8-6-5-7-9-17)20(13-24-22)23(29)25-12-18-11-10-15(2)30-18/h10-11,13-14,16-17H,4-9,12H2,1-3H3,(H,24,27)(H,25,29)/t16-/m1/s1. The van der Waals surface area contributed by atoms with Crippen molar-refractivity contribution in [3.63, 3.8) is 0 Å². The highest BCUT2D eigenvalue weighted by Gasteiger charge is 2.24. The van der Waals surface area contributed by atoms with Gasteiger partial charge in [0.05, 0.1) is 29.4 Å². The van der Waals surface area contributed by atoms with E-state index < -0.39 is 0 Å². The van der Waals surface area contributed by atoms with E-state index in [1.54, 1.807) is 6.20 Å². The molecule has 30 heavy (non-hydrogen) atoms. The third-order valence-electron chi connectivity index (χ3n) is 6.16. The highest BCUT2D eigenvalue weighted by Crippen LogP contribution is 2.32. The summed E-state index contributed by atoms with van der Waals surface area (Å²) in [7, 11) is 0. The number of amides is 1. The molecule has 0 aromatic carbocycles. The number of furan rings is 1. The lowest BCUT2D eigenvalue weighted by Crippen LogP contribution is -2.30. The predicted octanol–water partition coefficient (Wildman–Crippen LogP) is 4.66. The Labute approximate surface area is 177 Å². The lowest BCUT2D eigenvalue weighted by atomic mass is 9.84. The van der Waals surface area contributed by atoms with Crippen molar-refractivity contribution in [2.75, 3.05) is 5.32 Å². The molecule has 1 saturated carbocycles. The Morgan fingerprint density at radius 3 is 2.77 bits per heavy atom. The van der Waals surface area contributed by atoms with Gasteiger partial charge in [0.15, 0.2) is 5.65 Å². The zero-order chi connectivity index (χ0) is 21.1. The molecule has 3 aromatic rings. The number of fused-ring (bicyclic) bond motifs is 1. The van der Waals surface area contributed by atoms with Gasteiger partial charge in [-0.2, -0.15) is 5.10 Å². The van der Waals surface area contributed by atoms with Gasteiger partial charge in [-0.15, -0.1) is 0 Å². The van der Waals surface area contributed by atoms with Crippen molar-refractivity contribution in [1.82, 2.24) is 20.1 Å². The van der Waals surface area contributed by atoms with Gasteiger partial charge < -0.3 is 15.1 Å². The van der Waals surface area contributed by atoms with Gasteiger partial charge in [-0.25, -0.2) is 9.67 Å². The topological polar surface area (TPSA) is 85.0 Å². The Morgan fingerprint density at radius 1 is 1.27 bits per heavy atom. The van der Waals surface area contributed by atoms with Crippen molar-refractivity contribution in [3.8, 4) is 0 Å². The number of nitrogens with one attached hydrogen (secondary N) is 2. The smallest absolute Gasteiger partial charge is 0.255 e. The van der Waals surface area contributed by atoms with Crippen LogP contribution in [0.4, 0.5) is 5.69 Å². The second-order valence-corrected chi connectivity index (χ2v) is 8.27. The normalized spacial score (nSPS) is 16.0. The second-order valence-electron chi connectivity index (χ2n) is 8.27. The number of rotatable bonds is 7. The minimum Gasteiger partial charge on any atom is -0.465 e. The lowest BCUT2D eigenvalue weighted by Gasteiger charge is -2.29. The van der Waals surface area contributed by atoms with E-state index >= 15 is 0 Å². The summed E-state index contributed by atoms with van der Waals surface area (Å²) in [5.74, 6) is 2.02. The van der Waals surface area contributed by atoms with Crippen LogP contribution >= 0.6 is 0 Å². The molecule has 3 aromatic heterocycles. The van der Waals surface area contributed by atoms with Gasteiger partial charge in [0, 0.05) is 18.8 Å². The monoisotopic (exact) mass is 409 g/mol. The summed E-state index contributed by atoms with van der Waals surface area (Å²) in [6.45, 7) is 7.23. The van der Waals surface area contributed by atoms with Gasteiger partial charge in [0.25, 0.3) is 5.91 Å². The fraction of sp³-hybridized carbons (Fsp3) is 0.522. The number of pyridine rings is 1. The molecule has 160 valence electrons. The molecule has 0 bridgehead atoms. The van der Waals surface area contributed by atoms with Crippen molar-refractivity contribution in [3.05, 3.63) is 41.6 Å². The molecule has 0 saturated heterocycles. The van der Waals surface area contributed by atoms with Gasteiger partial charge in [0.2, 0.25) is 0 Å². The summed E-state index contributed by atoms with van der Waals surface area (Å²) in [5.41, 5.74) is 2.17. The zero-order valence-corrected chi connectivity index (χ0v) is 18.1. The van der Waals surface area contributed by atoms with Crippen LogP contribution in [0.25, 0.3) is 11.0 Å². The number of nitrogens with zero attached hydrogens (tertiary/aromatic N) is 3. The van der Waals surface area contributed by atoms with Gasteiger partial charge in [-0.05, 0) is 51.7 Å². The van der Waals surface area contributed by atoms with Crippen LogP contribution in [0, 0.1) is 12.8 Å². The van der Waals surface area contributed by atoms with Gasteiger partial charge >= 0.3 is 0 Å². The van der Waals surface area contributed by atoms with E-state index in [4.69, 9.17) is 4.42 Å². The molecular weight excluding hydrogens is 378 g/mol. The third kappa shape index (κ3) is 4.20. The van der Waals surface area contributed by atoms with Crippen molar-refractivity contribution >= 4 is 22.6 Å². The molecular formula is C23H31N5O2. The number of anilines is 1. The van der Waals surface area contributed by atoms with Crippen LogP contribution in [-0.4, -0.2) is 26.7 Å². The molecule has 1 fully saturated rings. The average Bonchev–Trinajstić information content (AvgIpc) is 3.38. The molecule has 0 radical (unpaired) electrons. The molecule has 1 amide bonds. The quantitative estimate of drug-likeness (QED) is 0.593. The zero-order valence-electron chi connectivity index (χ0n) is 18.1. The van der Waals surface area contributed by atoms with E-state index in [1.165, 1.54) is 32.1 Å². The van der Waals surface area contributed by atoms with Crippen LogP contribution in [0.2, 0.25) is 0 Å². The average molecular weight is 410 g/mol. The summed E-state index contributed by atoms with van der Waals surface area (Å²) in [6.07, 6.45) is 9.83. The molecule has 1 aliphatic carbocycles. The molecule has 1 atom stereocenters. The first-order valence-electron chi connectivity index (χ1n) is 11.0. The fourth-order valence-electron chi connectivity index (χ4n) is 4.41. The Kier molecular flexibility index (Phi) is 6.06. The summed E-state index contributed by atoms with van der Waals surface area (Å²) in [5, 5.41) is 12.0. The van der Waals surface area contributed by atoms with Gasteiger partial charge in [0.1, 0.15) is 11.5 Å². The minimum atomic E-state index is -0.166. The third-order valence-corrected chi connectivity index (χ3v) is 6.16. The minimum absolute atomic E-state index is 0.166. The number of hydrogen-bond donors (Lipinski definition) is 2. The number of aromatic nitrogens is 3. The molecule has 0 unspecified atom stereocenters. The summed E-state index contributed by atoms with van der Waals surface area (Å²) < 4.78 is 7.43. The lowest BCUT2D eigenvalue weighted by molar-refractivity contribution is 0.0948. The van der Waals surface area contributed by atoms with Crippen LogP contribution in [0.1, 0.15) is 67.8 Å². The Bertz CT molecular complexity index is 1020. The second kappa shape index (κ2) is 8.90. The van der Waals surface area contributed by atoms with Gasteiger partial charge in [-0.1, -0.05) is 19.3 Å². The molecule has 2 N–H and O–H groups in total. The van der Waals surface area contributed by atoms with Crippen LogP contribution in [0.5, 0.6) is 0 Å². The van der Waals surface area contributed by atoms with E-state index in [0.717, 1.165) is 34.8 Å². The molecule has 3 heterocycles. The first-order valence-corrected chi connectivity index (χ1v) is 11.0. The Morgan fingerprint density at radius 2 is 2.07 bits per heavy atom. The van der Waals surface area contributed by atoms with Crippen LogP contribution in [0.15, 0.2) is 28.9 Å². The molecule has 7 nitrogen and oxygen atoms in total. The van der Waals surface area contributed by atoms with Crippen molar-refractivity contribution in [2.24, 2.45) is 5.92 Å². The van der Waals surface area contributed by atoms with E-state index in [2.05, 4.69) is 27.6 Å². The highest BCUT2D eigenvalue weighted by molar-refractivity contribution is 6.06. The molecule has 0 aliphatic heterocycles. The molecule has 1 aliphatic rings. The number of carbonyl (C=O) groups is 1. The fourth-order valence-corrected chi connectivity index (χ4v) is 4.41. The molecule has 4 rings (SSSR count). The number of carbonyl (C=O) groups excluding carboxylic acids is 1. The van der Waals surface area contributed by atoms with E-state index in [1.807, 2.05) is 36.9 Å². The van der Waals surface area contributed by atoms with Crippen molar-refractivity contribution < 1.29 is 9.21 Å². The van der Waals surface area contributed by atoms with E-state index in [0.29, 0.717) is 18.0 Å². The van der Waals surface area contributed by atoms with E-state index in [9.17, 15) is 4.79 Å². The SMILES string of the molecule is CCn1ncc2c(N[C@H](C)C3CCCCC3)c(C(=O)NCc3ccc(C)o3)cnc21. The summed E-state index contributed by atoms with van der Waals surface area (Å²) in [6, 6.07) is 4.06. The van der Waals surface area contributed by atoms with Gasteiger partial charge in [-0.3, -0.25) is 4.79 Å². The number of aryl methyl sites for hydroxylation is 2. The van der Waals surface area contributed by atoms with Crippen LogP contribution in [0.3, 0.4) is 0 Å². The first kappa shape index (κ1) is 20.4. The maximum atomic E-state index is 13.1. The maximum absolute atomic E-state index is 13.1. The van der Waals surface area contributed by atoms with Crippen LogP contribution in [-0.2, 0) is 13.1 Å². The predicted molar refractivity (Wildman–Crippen MR) is 117 cm³/mol. The maximum Gasteiger partial charge on any atom is 0.255 e. The molecule has 0 spiro atoms. The highest BCUT2D eigenvalue weighted by atomic mass is 16.3. The molecule has 7 heteroatoms. The van der Waals surface area contributed by atoms with Crippen LogP contribution < -0.4 is 10.6 Å². The first-order chi connectivity index (χ1) is 14.6. The largest absolute Gasteiger partial charge is 0.465 e. The van der Waals surface area contributed by atoms with Crippen molar-refractivity contribution in [2.45, 2.75) is 72.0 Å². The van der Waals surface area contributed by atoms with E-state index in [-0.39, 0.29) is 11.9 Å².